The van der Waals surface area contributed by atoms with Crippen LogP contribution < -0.4 is 14.8 Å². The number of hydrogen-bond donors (Lipinski definition) is 1. The van der Waals surface area contributed by atoms with E-state index in [4.69, 9.17) is 14.2 Å². The summed E-state index contributed by atoms with van der Waals surface area (Å²) in [6.45, 7) is 6.37. The summed E-state index contributed by atoms with van der Waals surface area (Å²) in [6.07, 6.45) is 0. The van der Waals surface area contributed by atoms with Gasteiger partial charge in [-0.1, -0.05) is 45.0 Å². The zero-order valence-corrected chi connectivity index (χ0v) is 19.9. The highest BCUT2D eigenvalue weighted by atomic mass is 16.5. The first-order chi connectivity index (χ1) is 16.7. The Kier molecular flexibility index (Phi) is 6.87. The summed E-state index contributed by atoms with van der Waals surface area (Å²) in [5.41, 5.74) is 3.28. The second-order valence-electron chi connectivity index (χ2n) is 9.31. The van der Waals surface area contributed by atoms with Crippen LogP contribution in [0.2, 0.25) is 0 Å². The Bertz CT molecular complexity index is 1240. The highest BCUT2D eigenvalue weighted by molar-refractivity contribution is 6.02. The average Bonchev–Trinajstić information content (AvgIpc) is 2.85. The molecule has 0 bridgehead atoms. The van der Waals surface area contributed by atoms with Crippen molar-refractivity contribution in [3.63, 3.8) is 0 Å². The molecule has 0 saturated carbocycles. The second-order valence-corrected chi connectivity index (χ2v) is 9.31. The third-order valence-electron chi connectivity index (χ3n) is 5.58. The number of amides is 1. The molecule has 1 aliphatic rings. The summed E-state index contributed by atoms with van der Waals surface area (Å²) < 4.78 is 16.3. The van der Waals surface area contributed by atoms with E-state index >= 15 is 0 Å². The number of ether oxygens (including phenoxy) is 3. The number of carbonyl (C=O) groups excluding carboxylic acids is 3. The molecule has 4 rings (SSSR count). The van der Waals surface area contributed by atoms with E-state index in [-0.39, 0.29) is 23.7 Å². The SMILES string of the molecule is CC(C)(C)c1ccc(OCc2ccc(C(=O)OCC(=O)c3ccc4c(c3)NC(=O)CO4)cc2)cc1. The van der Waals surface area contributed by atoms with Crippen LogP contribution in [0.5, 0.6) is 11.5 Å². The fraction of sp³-hybridized carbons (Fsp3) is 0.250. The Morgan fingerprint density at radius 1 is 0.943 bits per heavy atom. The maximum Gasteiger partial charge on any atom is 0.338 e. The van der Waals surface area contributed by atoms with Gasteiger partial charge < -0.3 is 19.5 Å². The lowest BCUT2D eigenvalue weighted by atomic mass is 9.87. The number of carbonyl (C=O) groups is 3. The number of anilines is 1. The summed E-state index contributed by atoms with van der Waals surface area (Å²) in [5, 5.41) is 2.65. The number of rotatable bonds is 7. The van der Waals surface area contributed by atoms with Crippen LogP contribution in [-0.4, -0.2) is 30.9 Å². The first-order valence-electron chi connectivity index (χ1n) is 11.3. The summed E-state index contributed by atoms with van der Waals surface area (Å²) in [4.78, 5) is 36.3. The zero-order valence-electron chi connectivity index (χ0n) is 19.9. The minimum absolute atomic E-state index is 0.0621. The molecular weight excluding hydrogens is 446 g/mol. The van der Waals surface area contributed by atoms with Crippen molar-refractivity contribution < 1.29 is 28.6 Å². The number of esters is 1. The minimum Gasteiger partial charge on any atom is -0.489 e. The van der Waals surface area contributed by atoms with Crippen LogP contribution in [0, 0.1) is 0 Å². The van der Waals surface area contributed by atoms with Crippen molar-refractivity contribution in [2.75, 3.05) is 18.5 Å². The Hall–Kier alpha value is -4.13. The van der Waals surface area contributed by atoms with E-state index < -0.39 is 12.6 Å². The van der Waals surface area contributed by atoms with E-state index in [1.165, 1.54) is 11.6 Å². The molecule has 0 fully saturated rings. The summed E-state index contributed by atoms with van der Waals surface area (Å²) >= 11 is 0. The number of ketones is 1. The molecule has 0 unspecified atom stereocenters. The van der Waals surface area contributed by atoms with Gasteiger partial charge in [-0.25, -0.2) is 4.79 Å². The van der Waals surface area contributed by atoms with E-state index in [9.17, 15) is 14.4 Å². The molecule has 1 aliphatic heterocycles. The van der Waals surface area contributed by atoms with E-state index in [1.54, 1.807) is 36.4 Å². The number of nitrogens with one attached hydrogen (secondary N) is 1. The van der Waals surface area contributed by atoms with Gasteiger partial charge in [0.2, 0.25) is 0 Å². The van der Waals surface area contributed by atoms with Crippen molar-refractivity contribution in [2.24, 2.45) is 0 Å². The molecule has 0 aromatic heterocycles. The molecule has 7 heteroatoms. The third-order valence-corrected chi connectivity index (χ3v) is 5.58. The van der Waals surface area contributed by atoms with Gasteiger partial charge in [0.05, 0.1) is 11.3 Å². The van der Waals surface area contributed by atoms with E-state index in [0.717, 1.165) is 11.3 Å². The summed E-state index contributed by atoms with van der Waals surface area (Å²) in [5.74, 6) is -0.0140. The van der Waals surface area contributed by atoms with Gasteiger partial charge in [0.25, 0.3) is 5.91 Å². The Labute approximate surface area is 204 Å². The minimum atomic E-state index is -0.599. The van der Waals surface area contributed by atoms with Crippen LogP contribution in [0.3, 0.4) is 0 Å². The smallest absolute Gasteiger partial charge is 0.338 e. The van der Waals surface area contributed by atoms with Crippen LogP contribution in [-0.2, 0) is 21.6 Å². The van der Waals surface area contributed by atoms with Crippen LogP contribution in [0.25, 0.3) is 0 Å². The molecule has 0 atom stereocenters. The average molecular weight is 474 g/mol. The van der Waals surface area contributed by atoms with Crippen molar-refractivity contribution in [3.05, 3.63) is 89.0 Å². The summed E-state index contributed by atoms with van der Waals surface area (Å²) in [7, 11) is 0. The van der Waals surface area contributed by atoms with Gasteiger partial charge >= 0.3 is 5.97 Å². The molecule has 7 nitrogen and oxygen atoms in total. The van der Waals surface area contributed by atoms with Crippen LogP contribution in [0.1, 0.15) is 52.6 Å². The lowest BCUT2D eigenvalue weighted by Crippen LogP contribution is -2.25. The third kappa shape index (κ3) is 6.06. The standard InChI is InChI=1S/C28H27NO6/c1-28(2,3)21-9-11-22(12-10-21)33-15-18-4-6-19(7-5-18)27(32)35-16-24(30)20-8-13-25-23(14-20)29-26(31)17-34-25/h4-14H,15-17H2,1-3H3,(H,29,31). The van der Waals surface area contributed by atoms with Crippen molar-refractivity contribution in [2.45, 2.75) is 32.8 Å². The molecule has 1 heterocycles. The second kappa shape index (κ2) is 10.0. The van der Waals surface area contributed by atoms with Gasteiger partial charge in [0.1, 0.15) is 18.1 Å². The van der Waals surface area contributed by atoms with Crippen molar-refractivity contribution in [1.29, 1.82) is 0 Å². The number of benzene rings is 3. The predicted molar refractivity (Wildman–Crippen MR) is 131 cm³/mol. The molecule has 3 aromatic rings. The monoisotopic (exact) mass is 473 g/mol. The molecule has 1 N–H and O–H groups in total. The van der Waals surface area contributed by atoms with Gasteiger partial charge in [-0.05, 0) is 59.0 Å². The van der Waals surface area contributed by atoms with Crippen LogP contribution in [0.4, 0.5) is 5.69 Å². The fourth-order valence-electron chi connectivity index (χ4n) is 3.51. The number of hydrogen-bond acceptors (Lipinski definition) is 6. The van der Waals surface area contributed by atoms with E-state index in [0.29, 0.717) is 29.2 Å². The molecule has 0 saturated heterocycles. The van der Waals surface area contributed by atoms with E-state index in [1.807, 2.05) is 12.1 Å². The number of Topliss-reactive ketones (excluding diaryl/α,β-unsaturated/α-hetero) is 1. The van der Waals surface area contributed by atoms with Crippen molar-refractivity contribution >= 4 is 23.3 Å². The number of fused-ring (bicyclic) bond motifs is 1. The van der Waals surface area contributed by atoms with Crippen molar-refractivity contribution in [1.82, 2.24) is 0 Å². The lowest BCUT2D eigenvalue weighted by molar-refractivity contribution is -0.118. The highest BCUT2D eigenvalue weighted by Crippen LogP contribution is 2.28. The Morgan fingerprint density at radius 2 is 1.63 bits per heavy atom. The lowest BCUT2D eigenvalue weighted by Gasteiger charge is -2.19. The van der Waals surface area contributed by atoms with Gasteiger partial charge in [-0.3, -0.25) is 9.59 Å². The van der Waals surface area contributed by atoms with Crippen LogP contribution in [0.15, 0.2) is 66.7 Å². The molecule has 0 spiro atoms. The molecule has 35 heavy (non-hydrogen) atoms. The molecule has 3 aromatic carbocycles. The predicted octanol–water partition coefficient (Wildman–Crippen LogP) is 4.93. The first kappa shape index (κ1) is 24.0. The van der Waals surface area contributed by atoms with Crippen molar-refractivity contribution in [3.8, 4) is 11.5 Å². The maximum absolute atomic E-state index is 12.5. The molecule has 1 amide bonds. The van der Waals surface area contributed by atoms with Gasteiger partial charge in [-0.15, -0.1) is 0 Å². The maximum atomic E-state index is 12.5. The summed E-state index contributed by atoms with van der Waals surface area (Å²) in [6, 6.07) is 19.5. The van der Waals surface area contributed by atoms with Gasteiger partial charge in [0.15, 0.2) is 19.0 Å². The first-order valence-corrected chi connectivity index (χ1v) is 11.3. The molecule has 0 radical (unpaired) electrons. The largest absolute Gasteiger partial charge is 0.489 e. The normalized spacial score (nSPS) is 12.7. The zero-order chi connectivity index (χ0) is 25.0. The highest BCUT2D eigenvalue weighted by Gasteiger charge is 2.19. The van der Waals surface area contributed by atoms with E-state index in [2.05, 4.69) is 38.2 Å². The molecule has 0 aliphatic carbocycles. The quantitative estimate of drug-likeness (QED) is 0.386. The van der Waals surface area contributed by atoms with Gasteiger partial charge in [-0.2, -0.15) is 0 Å². The van der Waals surface area contributed by atoms with Gasteiger partial charge in [0, 0.05) is 5.56 Å². The Balaban J connectivity index is 1.28. The topological polar surface area (TPSA) is 90.9 Å². The fourth-order valence-corrected chi connectivity index (χ4v) is 3.51. The van der Waals surface area contributed by atoms with Crippen LogP contribution >= 0.6 is 0 Å². The molecule has 180 valence electrons. The Morgan fingerprint density at radius 3 is 2.31 bits per heavy atom. The molecular formula is C28H27NO6.